The molecule has 2 aromatic carbocycles. The zero-order valence-electron chi connectivity index (χ0n) is 9.81. The lowest BCUT2D eigenvalue weighted by Crippen LogP contribution is -1.87. The van der Waals surface area contributed by atoms with Crippen LogP contribution >= 0.6 is 27.5 Å². The zero-order valence-corrected chi connectivity index (χ0v) is 12.1. The summed E-state index contributed by atoms with van der Waals surface area (Å²) < 4.78 is 6.88. The van der Waals surface area contributed by atoms with E-state index in [1.54, 1.807) is 6.20 Å². The van der Waals surface area contributed by atoms with Crippen LogP contribution in [0.15, 0.2) is 59.2 Å². The zero-order chi connectivity index (χ0) is 13.2. The van der Waals surface area contributed by atoms with Crippen LogP contribution in [-0.2, 0) is 0 Å². The van der Waals surface area contributed by atoms with Gasteiger partial charge in [-0.25, -0.2) is 0 Å². The first-order chi connectivity index (χ1) is 9.22. The minimum atomic E-state index is 0.666. The molecule has 0 unspecified atom stereocenters. The van der Waals surface area contributed by atoms with Crippen molar-refractivity contribution in [2.75, 3.05) is 0 Å². The SMILES string of the molecule is Clc1ccc2c(Oc3cccc(Br)c3)ccnc2c1. The summed E-state index contributed by atoms with van der Waals surface area (Å²) >= 11 is 9.39. The Morgan fingerprint density at radius 1 is 1.05 bits per heavy atom. The lowest BCUT2D eigenvalue weighted by molar-refractivity contribution is 0.487. The summed E-state index contributed by atoms with van der Waals surface area (Å²) in [5, 5.41) is 1.60. The quantitative estimate of drug-likeness (QED) is 0.622. The van der Waals surface area contributed by atoms with Crippen LogP contribution in [0.5, 0.6) is 11.5 Å². The number of aromatic nitrogens is 1. The second-order valence-electron chi connectivity index (χ2n) is 4.03. The molecular formula is C15H9BrClNO. The van der Waals surface area contributed by atoms with Crippen molar-refractivity contribution >= 4 is 38.4 Å². The first kappa shape index (κ1) is 12.5. The highest BCUT2D eigenvalue weighted by molar-refractivity contribution is 9.10. The number of benzene rings is 2. The molecule has 0 atom stereocenters. The van der Waals surface area contributed by atoms with Crippen LogP contribution in [0, 0.1) is 0 Å². The number of ether oxygens (including phenoxy) is 1. The molecule has 3 rings (SSSR count). The van der Waals surface area contributed by atoms with E-state index in [9.17, 15) is 0 Å². The molecule has 0 amide bonds. The summed E-state index contributed by atoms with van der Waals surface area (Å²) in [5.41, 5.74) is 0.819. The molecule has 0 bridgehead atoms. The van der Waals surface area contributed by atoms with E-state index in [4.69, 9.17) is 16.3 Å². The number of halogens is 2. The van der Waals surface area contributed by atoms with Gasteiger partial charge in [-0.1, -0.05) is 33.6 Å². The highest BCUT2D eigenvalue weighted by Crippen LogP contribution is 2.31. The van der Waals surface area contributed by atoms with Crippen molar-refractivity contribution < 1.29 is 4.74 Å². The third-order valence-corrected chi connectivity index (χ3v) is 3.42. The molecule has 0 aliphatic carbocycles. The van der Waals surface area contributed by atoms with E-state index < -0.39 is 0 Å². The van der Waals surface area contributed by atoms with Crippen LogP contribution < -0.4 is 4.74 Å². The lowest BCUT2D eigenvalue weighted by Gasteiger charge is -2.08. The van der Waals surface area contributed by atoms with Crippen LogP contribution in [0.25, 0.3) is 10.9 Å². The Balaban J connectivity index is 2.06. The Morgan fingerprint density at radius 3 is 2.79 bits per heavy atom. The molecule has 0 radical (unpaired) electrons. The minimum Gasteiger partial charge on any atom is -0.457 e. The average molecular weight is 335 g/mol. The average Bonchev–Trinajstić information content (AvgIpc) is 2.38. The van der Waals surface area contributed by atoms with Crippen molar-refractivity contribution in [2.24, 2.45) is 0 Å². The van der Waals surface area contributed by atoms with Crippen molar-refractivity contribution in [3.05, 3.63) is 64.2 Å². The maximum atomic E-state index is 5.96. The van der Waals surface area contributed by atoms with Crippen molar-refractivity contribution in [3.63, 3.8) is 0 Å². The van der Waals surface area contributed by atoms with E-state index >= 15 is 0 Å². The molecule has 1 heterocycles. The fraction of sp³-hybridized carbons (Fsp3) is 0. The molecule has 94 valence electrons. The standard InChI is InChI=1S/C15H9BrClNO/c16-10-2-1-3-12(8-10)19-15-6-7-18-14-9-11(17)4-5-13(14)15/h1-9H. The van der Waals surface area contributed by atoms with Gasteiger partial charge in [-0.2, -0.15) is 0 Å². The van der Waals surface area contributed by atoms with Gasteiger partial charge in [-0.05, 0) is 42.5 Å². The van der Waals surface area contributed by atoms with Crippen LogP contribution in [0.1, 0.15) is 0 Å². The molecule has 4 heteroatoms. The van der Waals surface area contributed by atoms with Crippen molar-refractivity contribution in [1.29, 1.82) is 0 Å². The van der Waals surface area contributed by atoms with E-state index in [0.29, 0.717) is 5.02 Å². The van der Waals surface area contributed by atoms with E-state index in [1.807, 2.05) is 48.5 Å². The molecule has 3 aromatic rings. The molecule has 0 fully saturated rings. The third-order valence-electron chi connectivity index (χ3n) is 2.69. The van der Waals surface area contributed by atoms with E-state index in [1.165, 1.54) is 0 Å². The first-order valence-corrected chi connectivity index (χ1v) is 6.87. The highest BCUT2D eigenvalue weighted by atomic mass is 79.9. The largest absolute Gasteiger partial charge is 0.457 e. The minimum absolute atomic E-state index is 0.666. The molecule has 0 spiro atoms. The Bertz CT molecular complexity index is 745. The van der Waals surface area contributed by atoms with Gasteiger partial charge in [0.25, 0.3) is 0 Å². The van der Waals surface area contributed by atoms with E-state index in [0.717, 1.165) is 26.9 Å². The van der Waals surface area contributed by atoms with Crippen molar-refractivity contribution in [2.45, 2.75) is 0 Å². The van der Waals surface area contributed by atoms with Crippen LogP contribution in [0.3, 0.4) is 0 Å². The Kier molecular flexibility index (Phi) is 3.40. The number of fused-ring (bicyclic) bond motifs is 1. The topological polar surface area (TPSA) is 22.1 Å². The van der Waals surface area contributed by atoms with Crippen molar-refractivity contribution in [3.8, 4) is 11.5 Å². The summed E-state index contributed by atoms with van der Waals surface area (Å²) in [4.78, 5) is 4.29. The number of hydrogen-bond donors (Lipinski definition) is 0. The molecule has 2 nitrogen and oxygen atoms in total. The maximum absolute atomic E-state index is 5.96. The predicted octanol–water partition coefficient (Wildman–Crippen LogP) is 5.44. The number of rotatable bonds is 2. The molecule has 1 aromatic heterocycles. The normalized spacial score (nSPS) is 10.6. The molecule has 0 aliphatic heterocycles. The molecule has 19 heavy (non-hydrogen) atoms. The molecule has 0 N–H and O–H groups in total. The molecule has 0 saturated heterocycles. The summed E-state index contributed by atoms with van der Waals surface area (Å²) in [6.45, 7) is 0. The number of pyridine rings is 1. The van der Waals surface area contributed by atoms with E-state index in [2.05, 4.69) is 20.9 Å². The summed E-state index contributed by atoms with van der Waals surface area (Å²) in [6, 6.07) is 15.1. The molecular weight excluding hydrogens is 326 g/mol. The number of nitrogens with zero attached hydrogens (tertiary/aromatic N) is 1. The van der Waals surface area contributed by atoms with Gasteiger partial charge < -0.3 is 4.74 Å². The summed E-state index contributed by atoms with van der Waals surface area (Å²) in [5.74, 6) is 1.54. The Labute approximate surface area is 124 Å². The van der Waals surface area contributed by atoms with Gasteiger partial charge in [0.15, 0.2) is 0 Å². The van der Waals surface area contributed by atoms with Crippen molar-refractivity contribution in [1.82, 2.24) is 4.98 Å². The number of hydrogen-bond acceptors (Lipinski definition) is 2. The third kappa shape index (κ3) is 2.72. The monoisotopic (exact) mass is 333 g/mol. The van der Waals surface area contributed by atoms with Gasteiger partial charge in [0.1, 0.15) is 11.5 Å². The smallest absolute Gasteiger partial charge is 0.138 e. The second-order valence-corrected chi connectivity index (χ2v) is 5.38. The maximum Gasteiger partial charge on any atom is 0.138 e. The summed E-state index contributed by atoms with van der Waals surface area (Å²) in [7, 11) is 0. The Hall–Kier alpha value is -1.58. The Morgan fingerprint density at radius 2 is 1.95 bits per heavy atom. The van der Waals surface area contributed by atoms with Gasteiger partial charge in [-0.3, -0.25) is 4.98 Å². The summed E-state index contributed by atoms with van der Waals surface area (Å²) in [6.07, 6.45) is 1.71. The molecule has 0 aliphatic rings. The lowest BCUT2D eigenvalue weighted by atomic mass is 10.2. The van der Waals surface area contributed by atoms with Gasteiger partial charge >= 0.3 is 0 Å². The molecule has 0 saturated carbocycles. The first-order valence-electron chi connectivity index (χ1n) is 5.70. The van der Waals surface area contributed by atoms with Gasteiger partial charge in [0.2, 0.25) is 0 Å². The van der Waals surface area contributed by atoms with Crippen LogP contribution in [0.4, 0.5) is 0 Å². The van der Waals surface area contributed by atoms with Gasteiger partial charge in [0.05, 0.1) is 5.52 Å². The van der Waals surface area contributed by atoms with E-state index in [-0.39, 0.29) is 0 Å². The fourth-order valence-electron chi connectivity index (χ4n) is 1.84. The highest BCUT2D eigenvalue weighted by Gasteiger charge is 2.05. The fourth-order valence-corrected chi connectivity index (χ4v) is 2.39. The van der Waals surface area contributed by atoms with Crippen LogP contribution in [-0.4, -0.2) is 4.98 Å². The predicted molar refractivity (Wildman–Crippen MR) is 81.0 cm³/mol. The van der Waals surface area contributed by atoms with Crippen LogP contribution in [0.2, 0.25) is 5.02 Å². The van der Waals surface area contributed by atoms with Gasteiger partial charge in [-0.15, -0.1) is 0 Å². The van der Waals surface area contributed by atoms with Gasteiger partial charge in [0, 0.05) is 21.1 Å². The second kappa shape index (κ2) is 5.19.